The minimum Gasteiger partial charge on any atom is -0.0616 e. The zero-order valence-electron chi connectivity index (χ0n) is 26.3. The van der Waals surface area contributed by atoms with Gasteiger partial charge < -0.3 is 0 Å². The van der Waals surface area contributed by atoms with E-state index in [1.54, 1.807) is 0 Å². The van der Waals surface area contributed by atoms with E-state index in [-0.39, 0.29) is 0 Å². The van der Waals surface area contributed by atoms with Gasteiger partial charge in [-0.1, -0.05) is 164 Å². The van der Waals surface area contributed by atoms with Gasteiger partial charge in [0.05, 0.1) is 0 Å². The summed E-state index contributed by atoms with van der Waals surface area (Å²) in [6, 6.07) is 67.1. The molecule has 0 heterocycles. The molecule has 0 aliphatic rings. The van der Waals surface area contributed by atoms with Crippen molar-refractivity contribution >= 4 is 64.6 Å². The smallest absolute Gasteiger partial charge is 0.00199 e. The van der Waals surface area contributed by atoms with Crippen LogP contribution >= 0.6 is 0 Å². The predicted molar refractivity (Wildman–Crippen MR) is 208 cm³/mol. The summed E-state index contributed by atoms with van der Waals surface area (Å²) in [5, 5.41) is 15.3. The summed E-state index contributed by atoms with van der Waals surface area (Å²) in [5.41, 5.74) is 7.59. The molecule has 0 aromatic heterocycles. The lowest BCUT2D eigenvalue weighted by atomic mass is 9.83. The van der Waals surface area contributed by atoms with Crippen LogP contribution in [0, 0.1) is 0 Å². The molecule has 0 radical (unpaired) electrons. The van der Waals surface area contributed by atoms with E-state index in [1.165, 1.54) is 98.0 Å². The minimum atomic E-state index is 1.24. The number of fused-ring (bicyclic) bond motifs is 7. The Labute approximate surface area is 279 Å². The van der Waals surface area contributed by atoms with Crippen molar-refractivity contribution in [3.8, 4) is 33.4 Å². The third-order valence-corrected chi connectivity index (χ3v) is 10.2. The predicted octanol–water partition coefficient (Wildman–Crippen LogP) is 13.6. The van der Waals surface area contributed by atoms with Gasteiger partial charge in [-0.3, -0.25) is 0 Å². The molecule has 0 aliphatic carbocycles. The lowest BCUT2D eigenvalue weighted by molar-refractivity contribution is 1.66. The van der Waals surface area contributed by atoms with E-state index < -0.39 is 0 Å². The quantitative estimate of drug-likeness (QED) is 0.139. The van der Waals surface area contributed by atoms with Crippen LogP contribution in [0.5, 0.6) is 0 Å². The Morgan fingerprint density at radius 1 is 0.229 bits per heavy atom. The molecule has 0 fully saturated rings. The van der Waals surface area contributed by atoms with Gasteiger partial charge in [0.15, 0.2) is 0 Å². The molecule has 222 valence electrons. The maximum Gasteiger partial charge on any atom is -0.00199 e. The highest BCUT2D eigenvalue weighted by Crippen LogP contribution is 2.46. The largest absolute Gasteiger partial charge is 0.0616 e. The Hall–Kier alpha value is -6.24. The van der Waals surface area contributed by atoms with Gasteiger partial charge in [0.1, 0.15) is 0 Å². The number of rotatable bonds is 3. The van der Waals surface area contributed by atoms with Crippen LogP contribution < -0.4 is 0 Å². The first-order valence-electron chi connectivity index (χ1n) is 16.7. The Morgan fingerprint density at radius 3 is 1.31 bits per heavy atom. The van der Waals surface area contributed by atoms with Gasteiger partial charge in [-0.15, -0.1) is 0 Å². The summed E-state index contributed by atoms with van der Waals surface area (Å²) in [4.78, 5) is 0. The molecule has 0 spiro atoms. The van der Waals surface area contributed by atoms with Gasteiger partial charge in [-0.2, -0.15) is 0 Å². The van der Waals surface area contributed by atoms with E-state index >= 15 is 0 Å². The normalized spacial score (nSPS) is 11.8. The Balaban J connectivity index is 1.20. The summed E-state index contributed by atoms with van der Waals surface area (Å²) in [6.07, 6.45) is 0. The highest BCUT2D eigenvalue weighted by Gasteiger charge is 2.19. The first-order chi connectivity index (χ1) is 23.8. The molecule has 0 nitrogen and oxygen atoms in total. The van der Waals surface area contributed by atoms with E-state index in [9.17, 15) is 0 Å². The second kappa shape index (κ2) is 10.7. The van der Waals surface area contributed by atoms with Crippen molar-refractivity contribution in [1.82, 2.24) is 0 Å². The maximum absolute atomic E-state index is 2.37. The summed E-state index contributed by atoms with van der Waals surface area (Å²) in [5.74, 6) is 0. The van der Waals surface area contributed by atoms with Gasteiger partial charge in [0, 0.05) is 0 Å². The van der Waals surface area contributed by atoms with Gasteiger partial charge >= 0.3 is 0 Å². The van der Waals surface area contributed by atoms with Crippen molar-refractivity contribution in [2.24, 2.45) is 0 Å². The van der Waals surface area contributed by atoms with Crippen LogP contribution in [0.4, 0.5) is 0 Å². The molecule has 0 unspecified atom stereocenters. The monoisotopic (exact) mass is 606 g/mol. The molecular weight excluding hydrogens is 577 g/mol. The van der Waals surface area contributed by atoms with Crippen molar-refractivity contribution in [3.05, 3.63) is 182 Å². The Morgan fingerprint density at radius 2 is 0.646 bits per heavy atom. The second-order valence-electron chi connectivity index (χ2n) is 12.9. The number of hydrogen-bond acceptors (Lipinski definition) is 0. The van der Waals surface area contributed by atoms with Gasteiger partial charge in [0.25, 0.3) is 0 Å². The van der Waals surface area contributed by atoms with Crippen LogP contribution in [0.1, 0.15) is 0 Å². The fourth-order valence-electron chi connectivity index (χ4n) is 7.95. The molecule has 10 rings (SSSR count). The molecule has 10 aromatic rings. The molecule has 0 saturated heterocycles. The third-order valence-electron chi connectivity index (χ3n) is 10.2. The van der Waals surface area contributed by atoms with E-state index in [1.807, 2.05) is 0 Å². The number of benzene rings is 10. The van der Waals surface area contributed by atoms with Crippen LogP contribution in [0.2, 0.25) is 0 Å². The first-order valence-corrected chi connectivity index (χ1v) is 16.7. The van der Waals surface area contributed by atoms with Crippen molar-refractivity contribution in [2.45, 2.75) is 0 Å². The van der Waals surface area contributed by atoms with Crippen molar-refractivity contribution in [1.29, 1.82) is 0 Å². The minimum absolute atomic E-state index is 1.24. The second-order valence-corrected chi connectivity index (χ2v) is 12.9. The van der Waals surface area contributed by atoms with Gasteiger partial charge in [0.2, 0.25) is 0 Å². The fourth-order valence-corrected chi connectivity index (χ4v) is 7.95. The SMILES string of the molecule is c1ccc2cc(-c3ccc4cc(-c5c6ccccc6c(-c6cccc7ccc8ccccc8c67)c6ccccc56)ccc4c3)ccc2c1. The van der Waals surface area contributed by atoms with E-state index in [2.05, 4.69) is 182 Å². The van der Waals surface area contributed by atoms with E-state index in [4.69, 9.17) is 0 Å². The summed E-state index contributed by atoms with van der Waals surface area (Å²) in [7, 11) is 0. The molecule has 0 heteroatoms. The molecule has 10 aromatic carbocycles. The van der Waals surface area contributed by atoms with Crippen LogP contribution in [0.3, 0.4) is 0 Å². The van der Waals surface area contributed by atoms with E-state index in [0.717, 1.165) is 0 Å². The van der Waals surface area contributed by atoms with Gasteiger partial charge in [-0.05, 0) is 116 Å². The van der Waals surface area contributed by atoms with Crippen molar-refractivity contribution in [2.75, 3.05) is 0 Å². The molecule has 0 bridgehead atoms. The standard InChI is InChI=1S/C48H30/c1-2-12-34-28-35(23-20-31(34)10-1)36-24-25-38-30-39(27-26-37(38)29-36)47-41-15-5-7-17-43(41)48(44-18-8-6-16-42(44)47)45-19-9-13-33-22-21-32-11-3-4-14-40(32)46(33)45/h1-30H. The molecular formula is C48H30. The average Bonchev–Trinajstić information content (AvgIpc) is 3.16. The first kappa shape index (κ1) is 26.9. The lowest BCUT2D eigenvalue weighted by Gasteiger charge is -2.19. The average molecular weight is 607 g/mol. The van der Waals surface area contributed by atoms with Crippen LogP contribution in [0.25, 0.3) is 98.0 Å². The Kier molecular flexibility index (Phi) is 5.98. The Bertz CT molecular complexity index is 2830. The zero-order valence-corrected chi connectivity index (χ0v) is 26.3. The molecule has 48 heavy (non-hydrogen) atoms. The van der Waals surface area contributed by atoms with Crippen LogP contribution in [-0.2, 0) is 0 Å². The molecule has 0 aliphatic heterocycles. The zero-order chi connectivity index (χ0) is 31.6. The lowest BCUT2D eigenvalue weighted by Crippen LogP contribution is -1.92. The molecule has 0 atom stereocenters. The highest BCUT2D eigenvalue weighted by atomic mass is 14.2. The highest BCUT2D eigenvalue weighted by molar-refractivity contribution is 6.26. The molecule has 0 N–H and O–H groups in total. The summed E-state index contributed by atoms with van der Waals surface area (Å²) < 4.78 is 0. The van der Waals surface area contributed by atoms with Crippen molar-refractivity contribution in [3.63, 3.8) is 0 Å². The molecule has 0 amide bonds. The maximum atomic E-state index is 2.37. The van der Waals surface area contributed by atoms with Crippen LogP contribution in [-0.4, -0.2) is 0 Å². The van der Waals surface area contributed by atoms with Gasteiger partial charge in [-0.25, -0.2) is 0 Å². The third kappa shape index (κ3) is 4.16. The van der Waals surface area contributed by atoms with Crippen molar-refractivity contribution < 1.29 is 0 Å². The van der Waals surface area contributed by atoms with E-state index in [0.29, 0.717) is 0 Å². The topological polar surface area (TPSA) is 0 Å². The fraction of sp³-hybridized carbons (Fsp3) is 0. The summed E-state index contributed by atoms with van der Waals surface area (Å²) >= 11 is 0. The number of hydrogen-bond donors (Lipinski definition) is 0. The molecule has 0 saturated carbocycles. The van der Waals surface area contributed by atoms with Crippen LogP contribution in [0.15, 0.2) is 182 Å². The summed E-state index contributed by atoms with van der Waals surface area (Å²) in [6.45, 7) is 0.